The molecule has 0 aromatic rings. The van der Waals surface area contributed by atoms with Crippen LogP contribution in [0, 0.1) is 0 Å². The number of aliphatic hydroxyl groups excluding tert-OH is 4. The number of guanidine groups is 1. The van der Waals surface area contributed by atoms with E-state index in [1.165, 1.54) is 0 Å². The Morgan fingerprint density at radius 2 is 1.86 bits per heavy atom. The molecule has 0 fully saturated rings. The average molecular weight is 206 g/mol. The summed E-state index contributed by atoms with van der Waals surface area (Å²) in [6.45, 7) is -0.672. The van der Waals surface area contributed by atoms with Crippen LogP contribution in [0.15, 0.2) is 10.2 Å². The first kappa shape index (κ1) is 12.8. The number of nitrogens with two attached hydrogens (primary N) is 2. The van der Waals surface area contributed by atoms with Crippen molar-refractivity contribution < 1.29 is 20.4 Å². The molecule has 0 saturated heterocycles. The van der Waals surface area contributed by atoms with E-state index < -0.39 is 24.9 Å². The SMILES string of the molecule is NC(N)=N/N=C/[C@H](O)[C@H](O)[C@H](O)CO. The Bertz CT molecular complexity index is 216. The molecule has 0 spiro atoms. The second-order valence-corrected chi connectivity index (χ2v) is 2.52. The Morgan fingerprint density at radius 1 is 1.29 bits per heavy atom. The molecule has 0 radical (unpaired) electrons. The van der Waals surface area contributed by atoms with Gasteiger partial charge in [-0.3, -0.25) is 0 Å². The van der Waals surface area contributed by atoms with Crippen molar-refractivity contribution in [1.82, 2.24) is 0 Å². The number of rotatable bonds is 5. The highest BCUT2D eigenvalue weighted by Crippen LogP contribution is 1.97. The van der Waals surface area contributed by atoms with Crippen LogP contribution < -0.4 is 11.5 Å². The van der Waals surface area contributed by atoms with E-state index in [0.717, 1.165) is 6.21 Å². The Labute approximate surface area is 80.2 Å². The van der Waals surface area contributed by atoms with Gasteiger partial charge in [0.1, 0.15) is 18.3 Å². The van der Waals surface area contributed by atoms with Gasteiger partial charge in [0.05, 0.1) is 12.8 Å². The maximum Gasteiger partial charge on any atom is 0.211 e. The van der Waals surface area contributed by atoms with Gasteiger partial charge in [0.15, 0.2) is 0 Å². The molecule has 82 valence electrons. The molecule has 3 atom stereocenters. The van der Waals surface area contributed by atoms with Crippen LogP contribution in [-0.4, -0.2) is 57.5 Å². The average Bonchev–Trinajstić information content (AvgIpc) is 2.14. The van der Waals surface area contributed by atoms with E-state index in [4.69, 9.17) is 31.9 Å². The normalized spacial score (nSPS) is 17.7. The zero-order valence-corrected chi connectivity index (χ0v) is 7.35. The Hall–Kier alpha value is -1.22. The lowest BCUT2D eigenvalue weighted by molar-refractivity contribution is -0.0541. The van der Waals surface area contributed by atoms with Gasteiger partial charge in [-0.05, 0) is 0 Å². The minimum atomic E-state index is -1.54. The molecule has 0 amide bonds. The molecule has 0 aliphatic rings. The predicted molar refractivity (Wildman–Crippen MR) is 49.4 cm³/mol. The van der Waals surface area contributed by atoms with Gasteiger partial charge in [0.2, 0.25) is 5.96 Å². The first-order valence-corrected chi connectivity index (χ1v) is 3.76. The first-order chi connectivity index (χ1) is 6.49. The molecular weight excluding hydrogens is 192 g/mol. The monoisotopic (exact) mass is 206 g/mol. The third kappa shape index (κ3) is 4.72. The molecule has 0 saturated carbocycles. The minimum Gasteiger partial charge on any atom is -0.394 e. The standard InChI is InChI=1S/C6H14N4O4/c7-6(8)10-9-1-3(12)5(14)4(13)2-11/h1,3-5,11-14H,2H2,(H4,7,8,10)/b9-1+/t3-,4+,5-/m0/s1. The molecule has 0 bridgehead atoms. The predicted octanol–water partition coefficient (Wildman–Crippen LogP) is -3.68. The van der Waals surface area contributed by atoms with Crippen LogP contribution in [0.1, 0.15) is 0 Å². The largest absolute Gasteiger partial charge is 0.394 e. The molecule has 0 aromatic carbocycles. The van der Waals surface area contributed by atoms with E-state index in [2.05, 4.69) is 10.2 Å². The lowest BCUT2D eigenvalue weighted by Crippen LogP contribution is -2.40. The van der Waals surface area contributed by atoms with Gasteiger partial charge in [-0.15, -0.1) is 5.10 Å². The third-order valence-electron chi connectivity index (χ3n) is 1.32. The number of hydrogen-bond donors (Lipinski definition) is 6. The number of hydrogen-bond acceptors (Lipinski definition) is 6. The highest BCUT2D eigenvalue weighted by molar-refractivity contribution is 5.76. The summed E-state index contributed by atoms with van der Waals surface area (Å²) in [5, 5.41) is 41.9. The molecule has 8 nitrogen and oxygen atoms in total. The molecule has 0 aliphatic carbocycles. The maximum atomic E-state index is 9.11. The second kappa shape index (κ2) is 6.27. The van der Waals surface area contributed by atoms with E-state index >= 15 is 0 Å². The van der Waals surface area contributed by atoms with Crippen molar-refractivity contribution in [2.75, 3.05) is 6.61 Å². The van der Waals surface area contributed by atoms with Gasteiger partial charge in [-0.1, -0.05) is 0 Å². The van der Waals surface area contributed by atoms with Crippen molar-refractivity contribution in [2.45, 2.75) is 18.3 Å². The van der Waals surface area contributed by atoms with Crippen LogP contribution in [0.2, 0.25) is 0 Å². The summed E-state index contributed by atoms with van der Waals surface area (Å²) < 4.78 is 0. The highest BCUT2D eigenvalue weighted by atomic mass is 16.4. The zero-order chi connectivity index (χ0) is 11.1. The fraction of sp³-hybridized carbons (Fsp3) is 0.667. The highest BCUT2D eigenvalue weighted by Gasteiger charge is 2.22. The van der Waals surface area contributed by atoms with E-state index in [-0.39, 0.29) is 5.96 Å². The van der Waals surface area contributed by atoms with Crippen molar-refractivity contribution in [3.05, 3.63) is 0 Å². The summed E-state index contributed by atoms with van der Waals surface area (Å²) in [6.07, 6.45) is -3.61. The molecule has 14 heavy (non-hydrogen) atoms. The lowest BCUT2D eigenvalue weighted by Gasteiger charge is -2.17. The molecule has 0 aromatic heterocycles. The summed E-state index contributed by atoms with van der Waals surface area (Å²) >= 11 is 0. The summed E-state index contributed by atoms with van der Waals surface area (Å²) in [6, 6.07) is 0. The van der Waals surface area contributed by atoms with Crippen molar-refractivity contribution >= 4 is 12.2 Å². The van der Waals surface area contributed by atoms with Crippen molar-refractivity contribution in [2.24, 2.45) is 21.7 Å². The maximum absolute atomic E-state index is 9.11. The third-order valence-corrected chi connectivity index (χ3v) is 1.32. The second-order valence-electron chi connectivity index (χ2n) is 2.52. The molecule has 0 rings (SSSR count). The molecule has 8 N–H and O–H groups in total. The van der Waals surface area contributed by atoms with Crippen LogP contribution >= 0.6 is 0 Å². The Kier molecular flexibility index (Phi) is 5.72. The summed E-state index contributed by atoms with van der Waals surface area (Å²) in [5.74, 6) is -0.300. The smallest absolute Gasteiger partial charge is 0.211 e. The Balaban J connectivity index is 4.13. The summed E-state index contributed by atoms with van der Waals surface area (Å²) in [7, 11) is 0. The fourth-order valence-corrected chi connectivity index (χ4v) is 0.592. The van der Waals surface area contributed by atoms with Crippen molar-refractivity contribution in [3.63, 3.8) is 0 Å². The van der Waals surface area contributed by atoms with E-state index in [1.807, 2.05) is 0 Å². The van der Waals surface area contributed by atoms with E-state index in [1.54, 1.807) is 0 Å². The quantitative estimate of drug-likeness (QED) is 0.154. The van der Waals surface area contributed by atoms with Crippen LogP contribution in [0.3, 0.4) is 0 Å². The summed E-state index contributed by atoms with van der Waals surface area (Å²) in [4.78, 5) is 0. The molecule has 0 heterocycles. The summed E-state index contributed by atoms with van der Waals surface area (Å²) in [5.41, 5.74) is 9.84. The van der Waals surface area contributed by atoms with Gasteiger partial charge >= 0.3 is 0 Å². The van der Waals surface area contributed by atoms with Crippen LogP contribution in [0.4, 0.5) is 0 Å². The molecule has 8 heteroatoms. The molecule has 0 aliphatic heterocycles. The van der Waals surface area contributed by atoms with Gasteiger partial charge in [0.25, 0.3) is 0 Å². The topological polar surface area (TPSA) is 158 Å². The van der Waals surface area contributed by atoms with Crippen LogP contribution in [0.25, 0.3) is 0 Å². The zero-order valence-electron chi connectivity index (χ0n) is 7.35. The lowest BCUT2D eigenvalue weighted by atomic mass is 10.1. The van der Waals surface area contributed by atoms with Crippen LogP contribution in [0.5, 0.6) is 0 Å². The van der Waals surface area contributed by atoms with Gasteiger partial charge < -0.3 is 31.9 Å². The van der Waals surface area contributed by atoms with E-state index in [9.17, 15) is 0 Å². The van der Waals surface area contributed by atoms with Crippen molar-refractivity contribution in [1.29, 1.82) is 0 Å². The number of aliphatic hydroxyl groups is 4. The van der Waals surface area contributed by atoms with Gasteiger partial charge in [0, 0.05) is 0 Å². The minimum absolute atomic E-state index is 0.300. The van der Waals surface area contributed by atoms with Crippen molar-refractivity contribution in [3.8, 4) is 0 Å². The Morgan fingerprint density at radius 3 is 2.29 bits per heavy atom. The fourth-order valence-electron chi connectivity index (χ4n) is 0.592. The first-order valence-electron chi connectivity index (χ1n) is 3.76. The number of nitrogens with zero attached hydrogens (tertiary/aromatic N) is 2. The molecule has 0 unspecified atom stereocenters. The van der Waals surface area contributed by atoms with Gasteiger partial charge in [-0.25, -0.2) is 0 Å². The molecular formula is C6H14N4O4. The van der Waals surface area contributed by atoms with Gasteiger partial charge in [-0.2, -0.15) is 5.10 Å². The van der Waals surface area contributed by atoms with Crippen LogP contribution in [-0.2, 0) is 0 Å². The van der Waals surface area contributed by atoms with E-state index in [0.29, 0.717) is 0 Å².